The Morgan fingerprint density at radius 1 is 1.50 bits per heavy atom. The van der Waals surface area contributed by atoms with E-state index in [4.69, 9.17) is 23.2 Å². The molecule has 1 aromatic carbocycles. The lowest BCUT2D eigenvalue weighted by molar-refractivity contribution is 0.0607. The van der Waals surface area contributed by atoms with Crippen LogP contribution in [0.1, 0.15) is 18.9 Å². The van der Waals surface area contributed by atoms with Crippen LogP contribution >= 0.6 is 23.2 Å². The van der Waals surface area contributed by atoms with Gasteiger partial charge in [0, 0.05) is 15.6 Å². The lowest BCUT2D eigenvalue weighted by atomic mass is 9.93. The molecule has 1 rings (SSSR count). The molecular formula is C11H12Cl2O. The van der Waals surface area contributed by atoms with Crippen molar-refractivity contribution in [2.75, 3.05) is 0 Å². The average Bonchev–Trinajstić information content (AvgIpc) is 2.02. The fraction of sp³-hybridized carbons (Fsp3) is 0.273. The highest BCUT2D eigenvalue weighted by Crippen LogP contribution is 2.32. The summed E-state index contributed by atoms with van der Waals surface area (Å²) in [4.78, 5) is 0. The Morgan fingerprint density at radius 2 is 2.14 bits per heavy atom. The molecule has 0 fully saturated rings. The zero-order valence-electron chi connectivity index (χ0n) is 7.93. The Balaban J connectivity index is 3.12. The van der Waals surface area contributed by atoms with E-state index in [9.17, 15) is 5.11 Å². The number of halogens is 2. The molecule has 0 aliphatic heterocycles. The first kappa shape index (κ1) is 11.6. The summed E-state index contributed by atoms with van der Waals surface area (Å²) in [5.41, 5.74) is -0.313. The number of benzene rings is 1. The highest BCUT2D eigenvalue weighted by molar-refractivity contribution is 6.35. The summed E-state index contributed by atoms with van der Waals surface area (Å²) in [5, 5.41) is 11.1. The molecule has 1 N–H and O–H groups in total. The zero-order valence-corrected chi connectivity index (χ0v) is 9.44. The molecule has 1 atom stereocenters. The smallest absolute Gasteiger partial charge is 0.0917 e. The van der Waals surface area contributed by atoms with Crippen molar-refractivity contribution in [1.82, 2.24) is 0 Å². The molecule has 0 amide bonds. The Kier molecular flexibility index (Phi) is 3.59. The molecule has 0 radical (unpaired) electrons. The summed E-state index contributed by atoms with van der Waals surface area (Å²) in [7, 11) is 0. The van der Waals surface area contributed by atoms with Crippen molar-refractivity contribution in [2.45, 2.75) is 18.9 Å². The molecule has 0 saturated carbocycles. The lowest BCUT2D eigenvalue weighted by Crippen LogP contribution is -2.20. The number of hydrogen-bond acceptors (Lipinski definition) is 1. The monoisotopic (exact) mass is 230 g/mol. The lowest BCUT2D eigenvalue weighted by Gasteiger charge is -2.23. The third-order valence-corrected chi connectivity index (χ3v) is 2.60. The third kappa shape index (κ3) is 2.50. The summed E-state index contributed by atoms with van der Waals surface area (Å²) in [6.45, 7) is 5.29. The first-order valence-corrected chi connectivity index (χ1v) is 5.02. The zero-order chi connectivity index (χ0) is 10.8. The number of hydrogen-bond donors (Lipinski definition) is 1. The normalized spacial score (nSPS) is 14.9. The Labute approximate surface area is 94.0 Å². The van der Waals surface area contributed by atoms with Gasteiger partial charge < -0.3 is 5.11 Å². The Morgan fingerprint density at radius 3 is 2.64 bits per heavy atom. The fourth-order valence-electron chi connectivity index (χ4n) is 1.32. The molecule has 0 aliphatic rings. The molecular weight excluding hydrogens is 219 g/mol. The van der Waals surface area contributed by atoms with Crippen molar-refractivity contribution in [1.29, 1.82) is 0 Å². The molecule has 0 spiro atoms. The van der Waals surface area contributed by atoms with Crippen LogP contribution in [0.3, 0.4) is 0 Å². The van der Waals surface area contributed by atoms with E-state index in [0.717, 1.165) is 0 Å². The van der Waals surface area contributed by atoms with Crippen molar-refractivity contribution in [3.63, 3.8) is 0 Å². The van der Waals surface area contributed by atoms with Gasteiger partial charge in [-0.05, 0) is 25.5 Å². The van der Waals surface area contributed by atoms with Gasteiger partial charge in [0.1, 0.15) is 0 Å². The van der Waals surface area contributed by atoms with Gasteiger partial charge in [0.2, 0.25) is 0 Å². The number of aliphatic hydroxyl groups is 1. The van der Waals surface area contributed by atoms with E-state index in [1.54, 1.807) is 31.2 Å². The largest absolute Gasteiger partial charge is 0.385 e. The Bertz CT molecular complexity index is 345. The molecule has 0 bridgehead atoms. The van der Waals surface area contributed by atoms with Gasteiger partial charge in [-0.2, -0.15) is 0 Å². The molecule has 0 saturated heterocycles. The maximum Gasteiger partial charge on any atom is 0.0917 e. The third-order valence-electron chi connectivity index (χ3n) is 2.05. The topological polar surface area (TPSA) is 20.2 Å². The number of rotatable bonds is 3. The van der Waals surface area contributed by atoms with E-state index in [2.05, 4.69) is 6.58 Å². The molecule has 1 nitrogen and oxygen atoms in total. The van der Waals surface area contributed by atoms with E-state index >= 15 is 0 Å². The van der Waals surface area contributed by atoms with Gasteiger partial charge >= 0.3 is 0 Å². The highest BCUT2D eigenvalue weighted by Gasteiger charge is 2.23. The molecule has 1 unspecified atom stereocenters. The molecule has 3 heteroatoms. The van der Waals surface area contributed by atoms with Crippen molar-refractivity contribution in [2.24, 2.45) is 0 Å². The fourth-order valence-corrected chi connectivity index (χ4v) is 1.93. The van der Waals surface area contributed by atoms with Crippen LogP contribution in [0.4, 0.5) is 0 Å². The first-order chi connectivity index (χ1) is 6.47. The SMILES string of the molecule is C=CCC(C)(O)c1ccc(Cl)cc1Cl. The summed E-state index contributed by atoms with van der Waals surface area (Å²) in [6.07, 6.45) is 2.11. The quantitative estimate of drug-likeness (QED) is 0.785. The predicted octanol–water partition coefficient (Wildman–Crippen LogP) is 3.78. The van der Waals surface area contributed by atoms with Crippen LogP contribution in [0.5, 0.6) is 0 Å². The molecule has 0 aromatic heterocycles. The van der Waals surface area contributed by atoms with Gasteiger partial charge in [0.05, 0.1) is 5.60 Å². The van der Waals surface area contributed by atoms with E-state index in [-0.39, 0.29) is 0 Å². The second-order valence-electron chi connectivity index (χ2n) is 3.39. The van der Waals surface area contributed by atoms with Gasteiger partial charge in [-0.25, -0.2) is 0 Å². The van der Waals surface area contributed by atoms with Gasteiger partial charge in [0.15, 0.2) is 0 Å². The van der Waals surface area contributed by atoms with Crippen LogP contribution < -0.4 is 0 Å². The van der Waals surface area contributed by atoms with Crippen molar-refractivity contribution >= 4 is 23.2 Å². The highest BCUT2D eigenvalue weighted by atomic mass is 35.5. The van der Waals surface area contributed by atoms with Crippen molar-refractivity contribution in [3.05, 3.63) is 46.5 Å². The van der Waals surface area contributed by atoms with Crippen LogP contribution in [0.15, 0.2) is 30.9 Å². The predicted molar refractivity (Wildman–Crippen MR) is 60.8 cm³/mol. The van der Waals surface area contributed by atoms with Crippen molar-refractivity contribution in [3.8, 4) is 0 Å². The molecule has 14 heavy (non-hydrogen) atoms. The summed E-state index contributed by atoms with van der Waals surface area (Å²) in [5.74, 6) is 0. The summed E-state index contributed by atoms with van der Waals surface area (Å²) >= 11 is 11.7. The van der Waals surface area contributed by atoms with Crippen LogP contribution in [0.25, 0.3) is 0 Å². The summed E-state index contributed by atoms with van der Waals surface area (Å²) < 4.78 is 0. The van der Waals surface area contributed by atoms with Crippen LogP contribution in [0.2, 0.25) is 10.0 Å². The van der Waals surface area contributed by atoms with Gasteiger partial charge in [-0.3, -0.25) is 0 Å². The van der Waals surface area contributed by atoms with E-state index < -0.39 is 5.60 Å². The maximum absolute atomic E-state index is 10.1. The minimum absolute atomic E-state index is 0.453. The van der Waals surface area contributed by atoms with Gasteiger partial charge in [-0.1, -0.05) is 35.3 Å². The van der Waals surface area contributed by atoms with Crippen LogP contribution in [-0.4, -0.2) is 5.11 Å². The van der Waals surface area contributed by atoms with Gasteiger partial charge in [-0.15, -0.1) is 6.58 Å². The van der Waals surface area contributed by atoms with E-state index in [1.807, 2.05) is 0 Å². The molecule has 0 aliphatic carbocycles. The molecule has 1 aromatic rings. The van der Waals surface area contributed by atoms with Crippen LogP contribution in [-0.2, 0) is 5.60 Å². The van der Waals surface area contributed by atoms with Crippen molar-refractivity contribution < 1.29 is 5.11 Å². The van der Waals surface area contributed by atoms with E-state index in [0.29, 0.717) is 22.0 Å². The maximum atomic E-state index is 10.1. The van der Waals surface area contributed by atoms with E-state index in [1.165, 1.54) is 0 Å². The average molecular weight is 231 g/mol. The molecule has 0 heterocycles. The first-order valence-electron chi connectivity index (χ1n) is 4.26. The standard InChI is InChI=1S/C11H12Cl2O/c1-3-6-11(2,14)9-5-4-8(12)7-10(9)13/h3-5,7,14H,1,6H2,2H3. The van der Waals surface area contributed by atoms with Crippen LogP contribution in [0, 0.1) is 0 Å². The molecule has 76 valence electrons. The minimum atomic E-state index is -0.983. The van der Waals surface area contributed by atoms with Gasteiger partial charge in [0.25, 0.3) is 0 Å². The minimum Gasteiger partial charge on any atom is -0.385 e. The second kappa shape index (κ2) is 4.35. The Hall–Kier alpha value is -0.500. The second-order valence-corrected chi connectivity index (χ2v) is 4.23. The summed E-state index contributed by atoms with van der Waals surface area (Å²) in [6, 6.07) is 5.06.